The van der Waals surface area contributed by atoms with Crippen molar-refractivity contribution in [3.05, 3.63) is 81.4 Å². The summed E-state index contributed by atoms with van der Waals surface area (Å²) in [6.45, 7) is 2.84. The van der Waals surface area contributed by atoms with E-state index in [1.807, 2.05) is 24.3 Å². The number of aromatic carboxylic acids is 1. The van der Waals surface area contributed by atoms with E-state index in [1.54, 1.807) is 6.07 Å². The molecule has 0 saturated carbocycles. The van der Waals surface area contributed by atoms with Crippen molar-refractivity contribution in [2.24, 2.45) is 0 Å². The molecule has 3 aromatic rings. The smallest absolute Gasteiger partial charge is 0.338 e. The summed E-state index contributed by atoms with van der Waals surface area (Å²) in [7, 11) is 0. The number of nitro groups is 1. The molecule has 0 aliphatic carbocycles. The average molecular weight is 448 g/mol. The Morgan fingerprint density at radius 1 is 1.09 bits per heavy atom. The Morgan fingerprint density at radius 2 is 1.88 bits per heavy atom. The standard InChI is InChI=1S/C25H24N2O6/c1-2-3-11-32-19-6-4-5-16(12-19)7-8-17-9-10-22-21(13-17)26-24-20(25(28)29)14-18(27(30)31)15-23(24)33-22/h4-6,9-10,12-15,26H,2-3,7-8,11H2,1H3,(H,28,29). The Bertz CT molecular complexity index is 1210. The van der Waals surface area contributed by atoms with Crippen LogP contribution in [0, 0.1) is 10.1 Å². The van der Waals surface area contributed by atoms with Gasteiger partial charge < -0.3 is 19.9 Å². The van der Waals surface area contributed by atoms with Gasteiger partial charge in [-0.3, -0.25) is 10.1 Å². The number of anilines is 2. The number of nitro benzene ring substituents is 1. The minimum atomic E-state index is -1.27. The Kier molecular flexibility index (Phi) is 6.44. The fraction of sp³-hybridized carbons (Fsp3) is 0.240. The molecule has 1 heterocycles. The third-order valence-corrected chi connectivity index (χ3v) is 5.42. The van der Waals surface area contributed by atoms with Gasteiger partial charge in [0.05, 0.1) is 34.5 Å². The van der Waals surface area contributed by atoms with Crippen molar-refractivity contribution < 1.29 is 24.3 Å². The molecular formula is C25H24N2O6. The van der Waals surface area contributed by atoms with E-state index in [4.69, 9.17) is 9.47 Å². The van der Waals surface area contributed by atoms with Crippen molar-refractivity contribution >= 4 is 23.0 Å². The highest BCUT2D eigenvalue weighted by atomic mass is 16.6. The van der Waals surface area contributed by atoms with Crippen molar-refractivity contribution in [1.29, 1.82) is 0 Å². The lowest BCUT2D eigenvalue weighted by atomic mass is 10.0. The highest BCUT2D eigenvalue weighted by Crippen LogP contribution is 2.45. The highest BCUT2D eigenvalue weighted by Gasteiger charge is 2.26. The molecule has 0 saturated heterocycles. The molecule has 4 rings (SSSR count). The number of benzene rings is 3. The molecule has 170 valence electrons. The lowest BCUT2D eigenvalue weighted by Crippen LogP contribution is -2.10. The first-order valence-corrected chi connectivity index (χ1v) is 10.8. The lowest BCUT2D eigenvalue weighted by Gasteiger charge is -2.23. The molecule has 0 aromatic heterocycles. The van der Waals surface area contributed by atoms with Crippen molar-refractivity contribution in [2.45, 2.75) is 32.6 Å². The summed E-state index contributed by atoms with van der Waals surface area (Å²) in [5.41, 5.74) is 2.48. The molecule has 0 fully saturated rings. The molecule has 0 bridgehead atoms. The van der Waals surface area contributed by atoms with Gasteiger partial charge in [0, 0.05) is 6.07 Å². The first-order chi connectivity index (χ1) is 15.9. The van der Waals surface area contributed by atoms with E-state index >= 15 is 0 Å². The van der Waals surface area contributed by atoms with E-state index in [0.29, 0.717) is 18.0 Å². The van der Waals surface area contributed by atoms with E-state index < -0.39 is 10.9 Å². The van der Waals surface area contributed by atoms with Gasteiger partial charge in [0.2, 0.25) is 0 Å². The molecule has 33 heavy (non-hydrogen) atoms. The van der Waals surface area contributed by atoms with Gasteiger partial charge in [-0.25, -0.2) is 4.79 Å². The van der Waals surface area contributed by atoms with Crippen molar-refractivity contribution in [3.63, 3.8) is 0 Å². The van der Waals surface area contributed by atoms with Gasteiger partial charge in [-0.2, -0.15) is 0 Å². The number of aryl methyl sites for hydroxylation is 2. The quantitative estimate of drug-likeness (QED) is 0.181. The second-order valence-electron chi connectivity index (χ2n) is 7.84. The van der Waals surface area contributed by atoms with E-state index in [9.17, 15) is 20.0 Å². The number of rotatable bonds is 9. The van der Waals surface area contributed by atoms with Crippen LogP contribution < -0.4 is 14.8 Å². The van der Waals surface area contributed by atoms with Gasteiger partial charge in [-0.1, -0.05) is 31.5 Å². The summed E-state index contributed by atoms with van der Waals surface area (Å²) in [5.74, 6) is 0.191. The third kappa shape index (κ3) is 5.06. The number of hydrogen-bond donors (Lipinski definition) is 2. The van der Waals surface area contributed by atoms with Gasteiger partial charge >= 0.3 is 5.97 Å². The second-order valence-corrected chi connectivity index (χ2v) is 7.84. The number of fused-ring (bicyclic) bond motifs is 2. The normalized spacial score (nSPS) is 11.5. The van der Waals surface area contributed by atoms with Gasteiger partial charge in [-0.15, -0.1) is 0 Å². The predicted molar refractivity (Wildman–Crippen MR) is 124 cm³/mol. The maximum Gasteiger partial charge on any atom is 0.338 e. The summed E-state index contributed by atoms with van der Waals surface area (Å²) < 4.78 is 11.6. The maximum atomic E-state index is 11.7. The zero-order chi connectivity index (χ0) is 23.4. The van der Waals surface area contributed by atoms with Crippen LogP contribution in [-0.4, -0.2) is 22.6 Å². The average Bonchev–Trinajstić information content (AvgIpc) is 2.81. The number of nitrogens with one attached hydrogen (secondary N) is 1. The minimum absolute atomic E-state index is 0.113. The Balaban J connectivity index is 1.50. The second kappa shape index (κ2) is 9.60. The largest absolute Gasteiger partial charge is 0.494 e. The summed E-state index contributed by atoms with van der Waals surface area (Å²) in [5, 5.41) is 23.8. The molecule has 8 heteroatoms. The topological polar surface area (TPSA) is 111 Å². The minimum Gasteiger partial charge on any atom is -0.494 e. The molecule has 0 atom stereocenters. The van der Waals surface area contributed by atoms with Crippen LogP contribution >= 0.6 is 0 Å². The number of unbranched alkanes of at least 4 members (excludes halogenated alkanes) is 1. The van der Waals surface area contributed by atoms with E-state index in [0.717, 1.165) is 48.6 Å². The van der Waals surface area contributed by atoms with Crippen molar-refractivity contribution in [2.75, 3.05) is 11.9 Å². The van der Waals surface area contributed by atoms with Gasteiger partial charge in [0.25, 0.3) is 5.69 Å². The number of nitrogens with zero attached hydrogens (tertiary/aromatic N) is 1. The Labute approximate surface area is 190 Å². The zero-order valence-corrected chi connectivity index (χ0v) is 18.2. The molecule has 0 spiro atoms. The molecule has 0 amide bonds. The molecule has 1 aliphatic heterocycles. The maximum absolute atomic E-state index is 11.7. The van der Waals surface area contributed by atoms with Gasteiger partial charge in [0.15, 0.2) is 11.5 Å². The van der Waals surface area contributed by atoms with E-state index in [1.165, 1.54) is 6.07 Å². The monoisotopic (exact) mass is 448 g/mol. The van der Waals surface area contributed by atoms with Crippen LogP contribution in [0.5, 0.6) is 17.2 Å². The highest BCUT2D eigenvalue weighted by molar-refractivity contribution is 5.99. The third-order valence-electron chi connectivity index (χ3n) is 5.42. The zero-order valence-electron chi connectivity index (χ0n) is 18.2. The summed E-state index contributed by atoms with van der Waals surface area (Å²) in [6.07, 6.45) is 3.69. The van der Waals surface area contributed by atoms with Gasteiger partial charge in [-0.05, 0) is 54.7 Å². The molecule has 1 aliphatic rings. The fourth-order valence-corrected chi connectivity index (χ4v) is 3.67. The van der Waals surface area contributed by atoms with Crippen LogP contribution in [0.1, 0.15) is 41.3 Å². The van der Waals surface area contributed by atoms with Crippen molar-refractivity contribution in [3.8, 4) is 17.2 Å². The summed E-state index contributed by atoms with van der Waals surface area (Å²) in [4.78, 5) is 22.2. The number of carboxylic acids is 1. The summed E-state index contributed by atoms with van der Waals surface area (Å²) >= 11 is 0. The Hall–Kier alpha value is -4.07. The number of ether oxygens (including phenoxy) is 2. The molecule has 8 nitrogen and oxygen atoms in total. The van der Waals surface area contributed by atoms with E-state index in [2.05, 4.69) is 24.4 Å². The Morgan fingerprint density at radius 3 is 2.61 bits per heavy atom. The fourth-order valence-electron chi connectivity index (χ4n) is 3.67. The lowest BCUT2D eigenvalue weighted by molar-refractivity contribution is -0.384. The first-order valence-electron chi connectivity index (χ1n) is 10.8. The number of carboxylic acid groups (broad SMARTS) is 1. The van der Waals surface area contributed by atoms with Crippen LogP contribution in [0.3, 0.4) is 0 Å². The number of carbonyl (C=O) groups is 1. The number of non-ortho nitro benzene ring substituents is 1. The van der Waals surface area contributed by atoms with Crippen LogP contribution in [0.4, 0.5) is 17.1 Å². The molecule has 3 aromatic carbocycles. The van der Waals surface area contributed by atoms with Crippen LogP contribution in [-0.2, 0) is 12.8 Å². The summed E-state index contributed by atoms with van der Waals surface area (Å²) in [6, 6.07) is 15.9. The molecular weight excluding hydrogens is 424 g/mol. The van der Waals surface area contributed by atoms with Crippen LogP contribution in [0.15, 0.2) is 54.6 Å². The van der Waals surface area contributed by atoms with Crippen LogP contribution in [0.2, 0.25) is 0 Å². The predicted octanol–water partition coefficient (Wildman–Crippen LogP) is 6.11. The van der Waals surface area contributed by atoms with E-state index in [-0.39, 0.29) is 22.7 Å². The van der Waals surface area contributed by atoms with Crippen LogP contribution in [0.25, 0.3) is 0 Å². The van der Waals surface area contributed by atoms with Gasteiger partial charge in [0.1, 0.15) is 5.75 Å². The number of hydrogen-bond acceptors (Lipinski definition) is 6. The SMILES string of the molecule is CCCCOc1cccc(CCc2ccc3c(c2)Nc2c(cc([N+](=O)[O-])cc2C(=O)O)O3)c1. The first kappa shape index (κ1) is 22.1. The molecule has 2 N–H and O–H groups in total. The molecule has 0 radical (unpaired) electrons. The molecule has 0 unspecified atom stereocenters. The van der Waals surface area contributed by atoms with Crippen molar-refractivity contribution in [1.82, 2.24) is 0 Å².